The lowest BCUT2D eigenvalue weighted by molar-refractivity contribution is -0.115. The lowest BCUT2D eigenvalue weighted by Crippen LogP contribution is -2.35. The van der Waals surface area contributed by atoms with E-state index in [-0.39, 0.29) is 23.4 Å². The fourth-order valence-electron chi connectivity index (χ4n) is 3.85. The van der Waals surface area contributed by atoms with Gasteiger partial charge in [-0.2, -0.15) is 4.31 Å². The molecule has 0 radical (unpaired) electrons. The van der Waals surface area contributed by atoms with Crippen molar-refractivity contribution in [2.75, 3.05) is 25.0 Å². The average molecular weight is 470 g/mol. The van der Waals surface area contributed by atoms with E-state index in [1.807, 2.05) is 41.8 Å². The van der Waals surface area contributed by atoms with Crippen molar-refractivity contribution in [3.8, 4) is 0 Å². The smallest absolute Gasteiger partial charge is 0.243 e. The highest BCUT2D eigenvalue weighted by Gasteiger charge is 2.25. The minimum absolute atomic E-state index is 0.0704. The molecule has 0 spiro atoms. The van der Waals surface area contributed by atoms with Crippen molar-refractivity contribution in [2.24, 2.45) is 0 Å². The Morgan fingerprint density at radius 1 is 0.938 bits per heavy atom. The van der Waals surface area contributed by atoms with Crippen molar-refractivity contribution in [1.29, 1.82) is 0 Å². The fraction of sp³-hybridized carbons (Fsp3) is 0.292. The number of benzene rings is 2. The summed E-state index contributed by atoms with van der Waals surface area (Å²) >= 11 is 1.64. The number of carbonyl (C=O) groups excluding carboxylic acids is 1. The fourth-order valence-corrected chi connectivity index (χ4v) is 6.19. The van der Waals surface area contributed by atoms with Crippen LogP contribution < -0.4 is 10.6 Å². The number of rotatable bonds is 8. The van der Waals surface area contributed by atoms with Gasteiger partial charge in [-0.05, 0) is 54.1 Å². The molecule has 2 heterocycles. The van der Waals surface area contributed by atoms with Gasteiger partial charge in [-0.3, -0.25) is 10.1 Å². The number of nitrogens with zero attached hydrogens (tertiary/aromatic N) is 1. The van der Waals surface area contributed by atoms with E-state index in [0.717, 1.165) is 29.7 Å². The van der Waals surface area contributed by atoms with Crippen LogP contribution in [0, 0.1) is 0 Å². The Balaban J connectivity index is 1.37. The summed E-state index contributed by atoms with van der Waals surface area (Å²) in [5.41, 5.74) is 1.66. The number of nitrogens with one attached hydrogen (secondary N) is 2. The molecular weight excluding hydrogens is 442 g/mol. The van der Waals surface area contributed by atoms with Gasteiger partial charge >= 0.3 is 0 Å². The maximum absolute atomic E-state index is 12.8. The summed E-state index contributed by atoms with van der Waals surface area (Å²) in [6, 6.07) is 20.4. The largest absolute Gasteiger partial charge is 0.325 e. The number of amides is 1. The first kappa shape index (κ1) is 22.7. The van der Waals surface area contributed by atoms with Gasteiger partial charge in [0.1, 0.15) is 0 Å². The van der Waals surface area contributed by atoms with Gasteiger partial charge in [0, 0.05) is 23.7 Å². The summed E-state index contributed by atoms with van der Waals surface area (Å²) in [7, 11) is -3.48. The van der Waals surface area contributed by atoms with Crippen molar-refractivity contribution < 1.29 is 13.2 Å². The molecule has 0 bridgehead atoms. The molecule has 0 aliphatic carbocycles. The highest BCUT2D eigenvalue weighted by molar-refractivity contribution is 7.89. The third-order valence-electron chi connectivity index (χ3n) is 5.52. The molecule has 6 nitrogen and oxygen atoms in total. The van der Waals surface area contributed by atoms with Gasteiger partial charge in [0.25, 0.3) is 0 Å². The van der Waals surface area contributed by atoms with Crippen molar-refractivity contribution in [1.82, 2.24) is 9.62 Å². The molecule has 32 heavy (non-hydrogen) atoms. The third-order valence-corrected chi connectivity index (χ3v) is 8.37. The molecule has 0 unspecified atom stereocenters. The maximum atomic E-state index is 12.8. The SMILES string of the molecule is O=C(CN[C@H](c1ccccc1)c1cccs1)Nc1ccc(S(=O)(=O)N2CCCCC2)cc1. The summed E-state index contributed by atoms with van der Waals surface area (Å²) in [5, 5.41) is 8.20. The molecule has 4 rings (SSSR count). The number of anilines is 1. The van der Waals surface area contributed by atoms with E-state index in [1.165, 1.54) is 0 Å². The molecule has 1 aliphatic heterocycles. The molecule has 3 aromatic rings. The Morgan fingerprint density at radius 3 is 2.31 bits per heavy atom. The zero-order chi connectivity index (χ0) is 22.4. The minimum Gasteiger partial charge on any atom is -0.325 e. The van der Waals surface area contributed by atoms with Gasteiger partial charge in [-0.25, -0.2) is 8.42 Å². The van der Waals surface area contributed by atoms with Crippen LogP contribution in [0.5, 0.6) is 0 Å². The Kier molecular flexibility index (Phi) is 7.36. The van der Waals surface area contributed by atoms with E-state index >= 15 is 0 Å². The van der Waals surface area contributed by atoms with Crippen LogP contribution in [-0.4, -0.2) is 38.3 Å². The number of hydrogen-bond donors (Lipinski definition) is 2. The van der Waals surface area contributed by atoms with Gasteiger partial charge < -0.3 is 5.32 Å². The van der Waals surface area contributed by atoms with Crippen LogP contribution in [0.15, 0.2) is 77.0 Å². The molecule has 2 aromatic carbocycles. The number of sulfonamides is 1. The van der Waals surface area contributed by atoms with Gasteiger partial charge in [0.15, 0.2) is 0 Å². The van der Waals surface area contributed by atoms with Crippen LogP contribution >= 0.6 is 11.3 Å². The van der Waals surface area contributed by atoms with Crippen LogP contribution in [0.4, 0.5) is 5.69 Å². The summed E-state index contributed by atoms with van der Waals surface area (Å²) < 4.78 is 27.1. The van der Waals surface area contributed by atoms with Crippen LogP contribution in [0.1, 0.15) is 35.7 Å². The second-order valence-electron chi connectivity index (χ2n) is 7.78. The first-order chi connectivity index (χ1) is 15.5. The van der Waals surface area contributed by atoms with E-state index in [0.29, 0.717) is 18.8 Å². The van der Waals surface area contributed by atoms with Crippen LogP contribution in [0.2, 0.25) is 0 Å². The van der Waals surface area contributed by atoms with Crippen LogP contribution in [0.25, 0.3) is 0 Å². The summed E-state index contributed by atoms with van der Waals surface area (Å²) in [5.74, 6) is -0.186. The van der Waals surface area contributed by atoms with Gasteiger partial charge in [-0.15, -0.1) is 11.3 Å². The molecule has 168 valence electrons. The minimum atomic E-state index is -3.48. The topological polar surface area (TPSA) is 78.5 Å². The van der Waals surface area contributed by atoms with E-state index in [2.05, 4.69) is 16.7 Å². The highest BCUT2D eigenvalue weighted by atomic mass is 32.2. The molecule has 1 aromatic heterocycles. The molecule has 1 amide bonds. The Morgan fingerprint density at radius 2 is 1.66 bits per heavy atom. The molecule has 0 saturated carbocycles. The van der Waals surface area contributed by atoms with Gasteiger partial charge in [-0.1, -0.05) is 42.8 Å². The summed E-state index contributed by atoms with van der Waals surface area (Å²) in [6.45, 7) is 1.27. The summed E-state index contributed by atoms with van der Waals surface area (Å²) in [4.78, 5) is 13.9. The zero-order valence-corrected chi connectivity index (χ0v) is 19.4. The van der Waals surface area contributed by atoms with E-state index in [9.17, 15) is 13.2 Å². The van der Waals surface area contributed by atoms with Crippen LogP contribution in [-0.2, 0) is 14.8 Å². The van der Waals surface area contributed by atoms with Gasteiger partial charge in [0.2, 0.25) is 15.9 Å². The molecule has 1 aliphatic rings. The van der Waals surface area contributed by atoms with E-state index in [1.54, 1.807) is 39.9 Å². The molecule has 1 atom stereocenters. The average Bonchev–Trinajstić information content (AvgIpc) is 3.35. The van der Waals surface area contributed by atoms with Crippen molar-refractivity contribution in [3.05, 3.63) is 82.6 Å². The quantitative estimate of drug-likeness (QED) is 0.517. The Labute approximate surface area is 193 Å². The van der Waals surface area contributed by atoms with Crippen molar-refractivity contribution in [3.63, 3.8) is 0 Å². The number of carbonyl (C=O) groups is 1. The first-order valence-electron chi connectivity index (χ1n) is 10.8. The molecule has 1 fully saturated rings. The summed E-state index contributed by atoms with van der Waals surface area (Å²) in [6.07, 6.45) is 2.87. The van der Waals surface area contributed by atoms with Crippen LogP contribution in [0.3, 0.4) is 0 Å². The Bertz CT molecular complexity index is 1110. The predicted octanol–water partition coefficient (Wildman–Crippen LogP) is 4.24. The zero-order valence-electron chi connectivity index (χ0n) is 17.7. The van der Waals surface area contributed by atoms with Gasteiger partial charge in [0.05, 0.1) is 17.5 Å². The number of hydrogen-bond acceptors (Lipinski definition) is 5. The monoisotopic (exact) mass is 469 g/mol. The Hall–Kier alpha value is -2.52. The van der Waals surface area contributed by atoms with Crippen molar-refractivity contribution in [2.45, 2.75) is 30.2 Å². The van der Waals surface area contributed by atoms with Crippen molar-refractivity contribution >= 4 is 33.0 Å². The predicted molar refractivity (Wildman–Crippen MR) is 128 cm³/mol. The maximum Gasteiger partial charge on any atom is 0.243 e. The lowest BCUT2D eigenvalue weighted by atomic mass is 10.1. The third kappa shape index (κ3) is 5.45. The van der Waals surface area contributed by atoms with E-state index < -0.39 is 10.0 Å². The second-order valence-corrected chi connectivity index (χ2v) is 10.7. The molecular formula is C24H27N3O3S2. The normalized spacial score (nSPS) is 15.9. The first-order valence-corrected chi connectivity index (χ1v) is 13.1. The lowest BCUT2D eigenvalue weighted by Gasteiger charge is -2.25. The highest BCUT2D eigenvalue weighted by Crippen LogP contribution is 2.26. The number of thiophene rings is 1. The van der Waals surface area contributed by atoms with E-state index in [4.69, 9.17) is 0 Å². The number of piperidine rings is 1. The molecule has 2 N–H and O–H groups in total. The second kappa shape index (κ2) is 10.4. The standard InChI is InChI=1S/C24H27N3O3S2/c28-23(18-25-24(22-10-7-17-31-22)19-8-3-1-4-9-19)26-20-11-13-21(14-12-20)32(29,30)27-15-5-2-6-16-27/h1,3-4,7-14,17,24-25H,2,5-6,15-16,18H2,(H,26,28)/t24-/m1/s1. The molecule has 1 saturated heterocycles. The molecule has 8 heteroatoms.